The van der Waals surface area contributed by atoms with Gasteiger partial charge in [0.05, 0.1) is 0 Å². The van der Waals surface area contributed by atoms with Crippen LogP contribution in [0.1, 0.15) is 28.0 Å². The Balaban J connectivity index is 3.15. The van der Waals surface area contributed by atoms with Gasteiger partial charge in [0.25, 0.3) is 6.43 Å². The number of nitrogens with zero attached hydrogens (tertiary/aromatic N) is 1. The predicted octanol–water partition coefficient (Wildman–Crippen LogP) is 1.29. The third kappa shape index (κ3) is 2.06. The van der Waals surface area contributed by atoms with E-state index < -0.39 is 6.43 Å². The maximum absolute atomic E-state index is 12.2. The molecule has 0 unspecified atom stereocenters. The van der Waals surface area contributed by atoms with Crippen LogP contribution in [-0.4, -0.2) is 11.3 Å². The molecule has 2 N–H and O–H groups in total. The van der Waals surface area contributed by atoms with E-state index in [1.165, 1.54) is 6.07 Å². The molecule has 70 valence electrons. The van der Waals surface area contributed by atoms with Crippen molar-refractivity contribution >= 4 is 6.29 Å². The molecule has 0 spiro atoms. The van der Waals surface area contributed by atoms with E-state index in [1.54, 1.807) is 0 Å². The Bertz CT molecular complexity index is 315. The van der Waals surface area contributed by atoms with Gasteiger partial charge in [0, 0.05) is 18.3 Å². The molecule has 0 atom stereocenters. The first kappa shape index (κ1) is 9.73. The van der Waals surface area contributed by atoms with Crippen molar-refractivity contribution in [2.24, 2.45) is 5.73 Å². The second-order valence-corrected chi connectivity index (χ2v) is 2.44. The van der Waals surface area contributed by atoms with Crippen LogP contribution in [0, 0.1) is 0 Å². The molecule has 0 aliphatic heterocycles. The molecule has 0 amide bonds. The number of hydrogen-bond acceptors (Lipinski definition) is 3. The molecule has 0 bridgehead atoms. The summed E-state index contributed by atoms with van der Waals surface area (Å²) in [6.07, 6.45) is -1.01. The number of carbonyl (C=O) groups is 1. The van der Waals surface area contributed by atoms with Crippen molar-refractivity contribution in [1.82, 2.24) is 4.98 Å². The molecule has 0 radical (unpaired) electrons. The minimum Gasteiger partial charge on any atom is -0.326 e. The molecule has 0 saturated carbocycles. The van der Waals surface area contributed by atoms with Crippen LogP contribution in [0.4, 0.5) is 8.78 Å². The Morgan fingerprint density at radius 1 is 1.62 bits per heavy atom. The second-order valence-electron chi connectivity index (χ2n) is 2.44. The topological polar surface area (TPSA) is 56.0 Å². The molecular formula is C8H8F2N2O. The number of nitrogens with two attached hydrogens (primary N) is 1. The Morgan fingerprint density at radius 2 is 2.31 bits per heavy atom. The average Bonchev–Trinajstić information content (AvgIpc) is 2.16. The summed E-state index contributed by atoms with van der Waals surface area (Å²) in [5.74, 6) is 0. The molecule has 13 heavy (non-hydrogen) atoms. The van der Waals surface area contributed by atoms with E-state index in [-0.39, 0.29) is 23.4 Å². The quantitative estimate of drug-likeness (QED) is 0.723. The van der Waals surface area contributed by atoms with Crippen molar-refractivity contribution in [3.05, 3.63) is 29.1 Å². The lowest BCUT2D eigenvalue weighted by Gasteiger charge is -2.05. The monoisotopic (exact) mass is 186 g/mol. The van der Waals surface area contributed by atoms with Gasteiger partial charge in [-0.25, -0.2) is 8.78 Å². The Morgan fingerprint density at radius 3 is 2.77 bits per heavy atom. The maximum Gasteiger partial charge on any atom is 0.280 e. The number of aromatic nitrogens is 1. The van der Waals surface area contributed by atoms with Crippen LogP contribution in [0.15, 0.2) is 12.3 Å². The summed E-state index contributed by atoms with van der Waals surface area (Å²) in [7, 11) is 0. The highest BCUT2D eigenvalue weighted by atomic mass is 19.3. The van der Waals surface area contributed by atoms with Gasteiger partial charge in [0.1, 0.15) is 5.69 Å². The maximum atomic E-state index is 12.2. The number of halogens is 2. The SMILES string of the molecule is NCc1cc(C=O)cnc1C(F)F. The van der Waals surface area contributed by atoms with Crippen LogP contribution in [0.3, 0.4) is 0 Å². The minimum atomic E-state index is -2.65. The summed E-state index contributed by atoms with van der Waals surface area (Å²) in [4.78, 5) is 13.7. The van der Waals surface area contributed by atoms with Crippen molar-refractivity contribution < 1.29 is 13.6 Å². The van der Waals surface area contributed by atoms with Gasteiger partial charge in [0.2, 0.25) is 0 Å². The van der Waals surface area contributed by atoms with E-state index >= 15 is 0 Å². The second kappa shape index (κ2) is 4.04. The number of pyridine rings is 1. The smallest absolute Gasteiger partial charge is 0.280 e. The zero-order valence-corrected chi connectivity index (χ0v) is 6.71. The van der Waals surface area contributed by atoms with Gasteiger partial charge in [-0.05, 0) is 11.6 Å². The van der Waals surface area contributed by atoms with Gasteiger partial charge in [-0.2, -0.15) is 0 Å². The molecule has 1 aromatic heterocycles. The standard InChI is InChI=1S/C8H8F2N2O/c9-8(10)7-6(2-11)1-5(4-13)3-12-7/h1,3-4,8H,2,11H2. The fourth-order valence-corrected chi connectivity index (χ4v) is 0.964. The summed E-state index contributed by atoms with van der Waals surface area (Å²) in [5.41, 5.74) is 5.33. The highest BCUT2D eigenvalue weighted by Gasteiger charge is 2.13. The lowest BCUT2D eigenvalue weighted by atomic mass is 10.1. The van der Waals surface area contributed by atoms with Crippen molar-refractivity contribution in [3.63, 3.8) is 0 Å². The van der Waals surface area contributed by atoms with Gasteiger partial charge in [0.15, 0.2) is 6.29 Å². The third-order valence-corrected chi connectivity index (χ3v) is 1.59. The van der Waals surface area contributed by atoms with Crippen molar-refractivity contribution in [2.45, 2.75) is 13.0 Å². The van der Waals surface area contributed by atoms with E-state index in [4.69, 9.17) is 5.73 Å². The Labute approximate surface area is 73.6 Å². The van der Waals surface area contributed by atoms with Crippen LogP contribution >= 0.6 is 0 Å². The lowest BCUT2D eigenvalue weighted by Crippen LogP contribution is -2.05. The molecule has 0 aliphatic rings. The number of hydrogen-bond donors (Lipinski definition) is 1. The summed E-state index contributed by atoms with van der Waals surface area (Å²) >= 11 is 0. The summed E-state index contributed by atoms with van der Waals surface area (Å²) in [5, 5.41) is 0. The molecule has 0 fully saturated rings. The van der Waals surface area contributed by atoms with Crippen LogP contribution in [0.2, 0.25) is 0 Å². The summed E-state index contributed by atoms with van der Waals surface area (Å²) in [6.45, 7) is -0.0473. The molecule has 1 rings (SSSR count). The molecule has 0 saturated heterocycles. The first-order valence-electron chi connectivity index (χ1n) is 3.61. The largest absolute Gasteiger partial charge is 0.326 e. The molecular weight excluding hydrogens is 178 g/mol. The van der Waals surface area contributed by atoms with Gasteiger partial charge in [-0.15, -0.1) is 0 Å². The van der Waals surface area contributed by atoms with Crippen LogP contribution < -0.4 is 5.73 Å². The molecule has 5 heteroatoms. The third-order valence-electron chi connectivity index (χ3n) is 1.59. The van der Waals surface area contributed by atoms with E-state index in [0.717, 1.165) is 6.20 Å². The van der Waals surface area contributed by atoms with Crippen molar-refractivity contribution in [3.8, 4) is 0 Å². The number of alkyl halides is 2. The van der Waals surface area contributed by atoms with Crippen LogP contribution in [0.5, 0.6) is 0 Å². The Hall–Kier alpha value is -1.36. The van der Waals surface area contributed by atoms with Crippen LogP contribution in [-0.2, 0) is 6.54 Å². The first-order valence-corrected chi connectivity index (χ1v) is 3.61. The highest BCUT2D eigenvalue weighted by Crippen LogP contribution is 2.20. The van der Waals surface area contributed by atoms with E-state index in [9.17, 15) is 13.6 Å². The van der Waals surface area contributed by atoms with Gasteiger partial charge < -0.3 is 5.73 Å². The normalized spacial score (nSPS) is 10.5. The number of carbonyl (C=O) groups excluding carboxylic acids is 1. The molecule has 1 heterocycles. The molecule has 0 aromatic carbocycles. The van der Waals surface area contributed by atoms with Crippen molar-refractivity contribution in [2.75, 3.05) is 0 Å². The molecule has 3 nitrogen and oxygen atoms in total. The zero-order valence-electron chi connectivity index (χ0n) is 6.71. The van der Waals surface area contributed by atoms with E-state index in [1.807, 2.05) is 0 Å². The fourth-order valence-electron chi connectivity index (χ4n) is 0.964. The summed E-state index contributed by atoms with van der Waals surface area (Å²) in [6, 6.07) is 1.32. The van der Waals surface area contributed by atoms with E-state index in [2.05, 4.69) is 4.98 Å². The highest BCUT2D eigenvalue weighted by molar-refractivity contribution is 5.74. The lowest BCUT2D eigenvalue weighted by molar-refractivity contribution is 0.112. The first-order chi connectivity index (χ1) is 6.19. The number of aldehydes is 1. The molecule has 1 aromatic rings. The van der Waals surface area contributed by atoms with Crippen molar-refractivity contribution in [1.29, 1.82) is 0 Å². The number of rotatable bonds is 3. The summed E-state index contributed by atoms with van der Waals surface area (Å²) < 4.78 is 24.5. The van der Waals surface area contributed by atoms with E-state index in [0.29, 0.717) is 6.29 Å². The minimum absolute atomic E-state index is 0.0473. The van der Waals surface area contributed by atoms with Crippen LogP contribution in [0.25, 0.3) is 0 Å². The average molecular weight is 186 g/mol. The fraction of sp³-hybridized carbons (Fsp3) is 0.250. The zero-order chi connectivity index (χ0) is 9.84. The van der Waals surface area contributed by atoms with Gasteiger partial charge in [-0.1, -0.05) is 0 Å². The predicted molar refractivity (Wildman–Crippen MR) is 42.5 cm³/mol. The Kier molecular flexibility index (Phi) is 3.02. The van der Waals surface area contributed by atoms with Gasteiger partial charge in [-0.3, -0.25) is 9.78 Å². The molecule has 0 aliphatic carbocycles. The van der Waals surface area contributed by atoms with Gasteiger partial charge >= 0.3 is 0 Å².